The number of aryl methyl sites for hydroxylation is 1. The first-order valence-electron chi connectivity index (χ1n) is 7.62. The van der Waals surface area contributed by atoms with E-state index in [2.05, 4.69) is 24.1 Å². The fraction of sp³-hybridized carbons (Fsp3) is 0.500. The standard InChI is InChI=1S/C18H23NO2/c1-13-10-15(7-3-4-9-20)12-16(11-13)18(21)19-17-8-5-6-14(17)2/h10-12,14,17,20H,4-6,8-9H2,1-2H3,(H,19,21). The van der Waals surface area contributed by atoms with Gasteiger partial charge >= 0.3 is 0 Å². The van der Waals surface area contributed by atoms with Crippen molar-refractivity contribution in [1.29, 1.82) is 0 Å². The highest BCUT2D eigenvalue weighted by molar-refractivity contribution is 5.95. The molecule has 2 atom stereocenters. The zero-order chi connectivity index (χ0) is 15.2. The topological polar surface area (TPSA) is 49.3 Å². The van der Waals surface area contributed by atoms with Crippen molar-refractivity contribution in [1.82, 2.24) is 5.32 Å². The van der Waals surface area contributed by atoms with Crippen LogP contribution in [-0.4, -0.2) is 23.7 Å². The Bertz CT molecular complexity index is 568. The Morgan fingerprint density at radius 1 is 1.38 bits per heavy atom. The smallest absolute Gasteiger partial charge is 0.251 e. The summed E-state index contributed by atoms with van der Waals surface area (Å²) in [5, 5.41) is 11.9. The molecule has 2 N–H and O–H groups in total. The molecule has 0 aromatic heterocycles. The number of hydrogen-bond acceptors (Lipinski definition) is 2. The summed E-state index contributed by atoms with van der Waals surface area (Å²) >= 11 is 0. The highest BCUT2D eigenvalue weighted by Crippen LogP contribution is 2.25. The molecule has 0 aliphatic heterocycles. The van der Waals surface area contributed by atoms with Gasteiger partial charge in [0.15, 0.2) is 0 Å². The Hall–Kier alpha value is -1.79. The molecular weight excluding hydrogens is 262 g/mol. The van der Waals surface area contributed by atoms with Crippen molar-refractivity contribution < 1.29 is 9.90 Å². The Balaban J connectivity index is 2.11. The van der Waals surface area contributed by atoms with Crippen molar-refractivity contribution in [3.63, 3.8) is 0 Å². The van der Waals surface area contributed by atoms with Gasteiger partial charge in [-0.05, 0) is 49.4 Å². The molecule has 1 amide bonds. The van der Waals surface area contributed by atoms with Crippen LogP contribution in [0.4, 0.5) is 0 Å². The predicted octanol–water partition coefficient (Wildman–Crippen LogP) is 2.65. The van der Waals surface area contributed by atoms with Gasteiger partial charge in [0.2, 0.25) is 0 Å². The van der Waals surface area contributed by atoms with E-state index in [1.54, 1.807) is 0 Å². The zero-order valence-corrected chi connectivity index (χ0v) is 12.8. The quantitative estimate of drug-likeness (QED) is 0.839. The van der Waals surface area contributed by atoms with Crippen LogP contribution in [0.5, 0.6) is 0 Å². The molecule has 0 spiro atoms. The third-order valence-electron chi connectivity index (χ3n) is 3.99. The summed E-state index contributed by atoms with van der Waals surface area (Å²) in [6, 6.07) is 5.97. The van der Waals surface area contributed by atoms with Crippen LogP contribution in [0.3, 0.4) is 0 Å². The van der Waals surface area contributed by atoms with E-state index < -0.39 is 0 Å². The largest absolute Gasteiger partial charge is 0.395 e. The minimum absolute atomic E-state index is 0.0114. The van der Waals surface area contributed by atoms with Crippen molar-refractivity contribution in [2.24, 2.45) is 5.92 Å². The average Bonchev–Trinajstić information content (AvgIpc) is 2.84. The van der Waals surface area contributed by atoms with Gasteiger partial charge in [-0.25, -0.2) is 0 Å². The van der Waals surface area contributed by atoms with Crippen LogP contribution < -0.4 is 5.32 Å². The van der Waals surface area contributed by atoms with Crippen LogP contribution >= 0.6 is 0 Å². The molecule has 2 rings (SSSR count). The van der Waals surface area contributed by atoms with Crippen LogP contribution in [0.15, 0.2) is 18.2 Å². The van der Waals surface area contributed by atoms with E-state index >= 15 is 0 Å². The highest BCUT2D eigenvalue weighted by atomic mass is 16.2. The van der Waals surface area contributed by atoms with Gasteiger partial charge in [-0.15, -0.1) is 0 Å². The maximum Gasteiger partial charge on any atom is 0.251 e. The molecule has 3 nitrogen and oxygen atoms in total. The van der Waals surface area contributed by atoms with Gasteiger partial charge in [-0.3, -0.25) is 4.79 Å². The molecule has 0 bridgehead atoms. The molecule has 21 heavy (non-hydrogen) atoms. The van der Waals surface area contributed by atoms with E-state index in [0.717, 1.165) is 17.5 Å². The van der Waals surface area contributed by atoms with Crippen molar-refractivity contribution >= 4 is 5.91 Å². The first-order chi connectivity index (χ1) is 10.1. The fourth-order valence-electron chi connectivity index (χ4n) is 2.82. The Morgan fingerprint density at radius 2 is 2.19 bits per heavy atom. The van der Waals surface area contributed by atoms with Crippen LogP contribution in [0.1, 0.15) is 54.1 Å². The molecule has 1 fully saturated rings. The molecule has 1 aliphatic carbocycles. The van der Waals surface area contributed by atoms with Gasteiger partial charge in [0, 0.05) is 23.6 Å². The molecule has 1 aromatic rings. The highest BCUT2D eigenvalue weighted by Gasteiger charge is 2.25. The lowest BCUT2D eigenvalue weighted by atomic mass is 10.0. The van der Waals surface area contributed by atoms with Gasteiger partial charge in [0.25, 0.3) is 5.91 Å². The zero-order valence-electron chi connectivity index (χ0n) is 12.8. The van der Waals surface area contributed by atoms with Gasteiger partial charge < -0.3 is 10.4 Å². The number of hydrogen-bond donors (Lipinski definition) is 2. The average molecular weight is 285 g/mol. The minimum Gasteiger partial charge on any atom is -0.395 e. The van der Waals surface area contributed by atoms with Gasteiger partial charge in [0.1, 0.15) is 0 Å². The van der Waals surface area contributed by atoms with Crippen molar-refractivity contribution in [2.45, 2.75) is 45.6 Å². The molecule has 1 aromatic carbocycles. The monoisotopic (exact) mass is 285 g/mol. The summed E-state index contributed by atoms with van der Waals surface area (Å²) in [4.78, 5) is 12.4. The number of benzene rings is 1. The van der Waals surface area contributed by atoms with Crippen LogP contribution in [-0.2, 0) is 0 Å². The lowest BCUT2D eigenvalue weighted by molar-refractivity contribution is 0.0929. The van der Waals surface area contributed by atoms with Crippen molar-refractivity contribution in [3.8, 4) is 11.8 Å². The summed E-state index contributed by atoms with van der Waals surface area (Å²) in [7, 11) is 0. The number of carbonyl (C=O) groups is 1. The van der Waals surface area contributed by atoms with E-state index in [-0.39, 0.29) is 12.5 Å². The number of amides is 1. The first-order valence-corrected chi connectivity index (χ1v) is 7.62. The summed E-state index contributed by atoms with van der Waals surface area (Å²) in [5.74, 6) is 6.43. The first kappa shape index (κ1) is 15.6. The summed E-state index contributed by atoms with van der Waals surface area (Å²) in [6.07, 6.45) is 3.91. The molecule has 1 saturated carbocycles. The molecule has 112 valence electrons. The third-order valence-corrected chi connectivity index (χ3v) is 3.99. The van der Waals surface area contributed by atoms with Crippen molar-refractivity contribution in [3.05, 3.63) is 34.9 Å². The number of carbonyl (C=O) groups excluding carboxylic acids is 1. The van der Waals surface area contributed by atoms with Gasteiger partial charge in [-0.1, -0.05) is 25.2 Å². The number of rotatable bonds is 3. The van der Waals surface area contributed by atoms with E-state index in [4.69, 9.17) is 5.11 Å². The molecule has 0 radical (unpaired) electrons. The van der Waals surface area contributed by atoms with Crippen LogP contribution in [0.25, 0.3) is 0 Å². The Labute approximate surface area is 126 Å². The number of aliphatic hydroxyl groups excluding tert-OH is 1. The van der Waals surface area contributed by atoms with Crippen molar-refractivity contribution in [2.75, 3.05) is 6.61 Å². The summed E-state index contributed by atoms with van der Waals surface area (Å²) in [6.45, 7) is 4.22. The Kier molecular flexibility index (Phi) is 5.41. The molecule has 0 saturated heterocycles. The maximum atomic E-state index is 12.4. The fourth-order valence-corrected chi connectivity index (χ4v) is 2.82. The molecule has 0 heterocycles. The lowest BCUT2D eigenvalue weighted by Gasteiger charge is -2.17. The summed E-state index contributed by atoms with van der Waals surface area (Å²) < 4.78 is 0. The molecule has 3 heteroatoms. The Morgan fingerprint density at radius 3 is 2.86 bits per heavy atom. The molecule has 1 aliphatic rings. The van der Waals surface area contributed by atoms with Crippen LogP contribution in [0.2, 0.25) is 0 Å². The second-order valence-corrected chi connectivity index (χ2v) is 5.85. The van der Waals surface area contributed by atoms with E-state index in [9.17, 15) is 4.79 Å². The predicted molar refractivity (Wildman–Crippen MR) is 84.0 cm³/mol. The van der Waals surface area contributed by atoms with E-state index in [1.165, 1.54) is 12.8 Å². The maximum absolute atomic E-state index is 12.4. The number of aliphatic hydroxyl groups is 1. The second-order valence-electron chi connectivity index (χ2n) is 5.85. The molecule has 2 unspecified atom stereocenters. The molecular formula is C18H23NO2. The SMILES string of the molecule is Cc1cc(C#CCCO)cc(C(=O)NC2CCCC2C)c1. The lowest BCUT2D eigenvalue weighted by Crippen LogP contribution is -2.36. The minimum atomic E-state index is -0.0114. The van der Waals surface area contributed by atoms with Crippen LogP contribution in [0, 0.1) is 24.7 Å². The third kappa shape index (κ3) is 4.34. The summed E-state index contributed by atoms with van der Waals surface area (Å²) in [5.41, 5.74) is 2.52. The normalized spacial score (nSPS) is 20.7. The van der Waals surface area contributed by atoms with Gasteiger partial charge in [0.05, 0.1) is 6.61 Å². The van der Waals surface area contributed by atoms with E-state index in [0.29, 0.717) is 23.9 Å². The second kappa shape index (κ2) is 7.28. The van der Waals surface area contributed by atoms with E-state index in [1.807, 2.05) is 25.1 Å². The van der Waals surface area contributed by atoms with Gasteiger partial charge in [-0.2, -0.15) is 0 Å². The number of nitrogens with one attached hydrogen (secondary N) is 1.